The fourth-order valence-electron chi connectivity index (χ4n) is 1.37. The Morgan fingerprint density at radius 3 is 2.76 bits per heavy atom. The molecule has 0 saturated heterocycles. The number of aromatic nitrogens is 1. The Bertz CT molecular complexity index is 594. The number of carboxylic acids is 1. The van der Waals surface area contributed by atoms with E-state index in [1.807, 2.05) is 0 Å². The summed E-state index contributed by atoms with van der Waals surface area (Å²) in [5.74, 6) is -0.583. The van der Waals surface area contributed by atoms with E-state index in [0.717, 1.165) is 0 Å². The van der Waals surface area contributed by atoms with E-state index >= 15 is 0 Å². The third-order valence-corrected chi connectivity index (χ3v) is 3.05. The minimum atomic E-state index is -1.11. The Hall–Kier alpha value is -1.33. The minimum Gasteiger partial charge on any atom is -0.476 e. The number of nitrogens with zero attached hydrogens (tertiary/aromatic N) is 1. The standard InChI is InChI=1S/C11H7BrClNO3/c1-5-9(11(15)16)14-10(17-5)7-3-2-6(13)4-8(7)12/h2-4H,1H3,(H,15,16). The summed E-state index contributed by atoms with van der Waals surface area (Å²) < 4.78 is 6.02. The number of halogens is 2. The highest BCUT2D eigenvalue weighted by molar-refractivity contribution is 9.10. The van der Waals surface area contributed by atoms with Crippen LogP contribution in [0.15, 0.2) is 27.1 Å². The van der Waals surface area contributed by atoms with E-state index in [2.05, 4.69) is 20.9 Å². The molecule has 0 unspecified atom stereocenters. The third-order valence-electron chi connectivity index (χ3n) is 2.16. The Kier molecular flexibility index (Phi) is 3.22. The summed E-state index contributed by atoms with van der Waals surface area (Å²) in [6.07, 6.45) is 0. The molecule has 1 N–H and O–H groups in total. The molecule has 0 saturated carbocycles. The second-order valence-electron chi connectivity index (χ2n) is 3.35. The molecule has 4 nitrogen and oxygen atoms in total. The first-order valence-electron chi connectivity index (χ1n) is 4.65. The van der Waals surface area contributed by atoms with Crippen LogP contribution in [-0.4, -0.2) is 16.1 Å². The number of hydrogen-bond acceptors (Lipinski definition) is 3. The summed E-state index contributed by atoms with van der Waals surface area (Å²) >= 11 is 9.14. The lowest BCUT2D eigenvalue weighted by Crippen LogP contribution is -1.98. The molecular weight excluding hydrogens is 309 g/mol. The van der Waals surface area contributed by atoms with Crippen LogP contribution in [0.3, 0.4) is 0 Å². The molecule has 0 bridgehead atoms. The van der Waals surface area contributed by atoms with Crippen molar-refractivity contribution in [1.82, 2.24) is 4.98 Å². The van der Waals surface area contributed by atoms with Gasteiger partial charge < -0.3 is 9.52 Å². The third kappa shape index (κ3) is 2.35. The van der Waals surface area contributed by atoms with Crippen LogP contribution in [0.25, 0.3) is 11.5 Å². The Morgan fingerprint density at radius 2 is 2.24 bits per heavy atom. The van der Waals surface area contributed by atoms with Crippen LogP contribution in [0, 0.1) is 6.92 Å². The van der Waals surface area contributed by atoms with Crippen LogP contribution >= 0.6 is 27.5 Å². The fourth-order valence-corrected chi connectivity index (χ4v) is 2.23. The Balaban J connectivity index is 2.53. The molecule has 88 valence electrons. The first-order chi connectivity index (χ1) is 7.99. The van der Waals surface area contributed by atoms with Crippen LogP contribution in [0.2, 0.25) is 5.02 Å². The highest BCUT2D eigenvalue weighted by Gasteiger charge is 2.18. The minimum absolute atomic E-state index is 0.0816. The van der Waals surface area contributed by atoms with Crippen molar-refractivity contribution < 1.29 is 14.3 Å². The summed E-state index contributed by atoms with van der Waals surface area (Å²) in [6.45, 7) is 1.56. The molecule has 6 heteroatoms. The predicted molar refractivity (Wildman–Crippen MR) is 66.3 cm³/mol. The van der Waals surface area contributed by atoms with Gasteiger partial charge >= 0.3 is 5.97 Å². The van der Waals surface area contributed by atoms with Gasteiger partial charge in [-0.3, -0.25) is 0 Å². The van der Waals surface area contributed by atoms with Gasteiger partial charge in [0.15, 0.2) is 5.69 Å². The molecule has 2 rings (SSSR count). The van der Waals surface area contributed by atoms with Gasteiger partial charge in [0.05, 0.1) is 5.56 Å². The molecule has 0 aliphatic heterocycles. The second-order valence-corrected chi connectivity index (χ2v) is 4.64. The quantitative estimate of drug-likeness (QED) is 0.916. The number of benzene rings is 1. The molecule has 1 heterocycles. The lowest BCUT2D eigenvalue weighted by molar-refractivity contribution is 0.0689. The first-order valence-corrected chi connectivity index (χ1v) is 5.82. The van der Waals surface area contributed by atoms with Gasteiger partial charge in [-0.2, -0.15) is 0 Å². The number of aromatic carboxylic acids is 1. The smallest absolute Gasteiger partial charge is 0.358 e. The van der Waals surface area contributed by atoms with Gasteiger partial charge in [0.2, 0.25) is 5.89 Å². The average Bonchev–Trinajstić information content (AvgIpc) is 2.60. The van der Waals surface area contributed by atoms with Gasteiger partial charge in [-0.15, -0.1) is 0 Å². The maximum absolute atomic E-state index is 10.9. The number of rotatable bonds is 2. The van der Waals surface area contributed by atoms with Gasteiger partial charge in [0.25, 0.3) is 0 Å². The maximum atomic E-state index is 10.9. The van der Waals surface area contributed by atoms with Gasteiger partial charge in [-0.05, 0) is 41.1 Å². The molecule has 2 aromatic rings. The molecule has 17 heavy (non-hydrogen) atoms. The zero-order valence-corrected chi connectivity index (χ0v) is 11.0. The summed E-state index contributed by atoms with van der Waals surface area (Å²) in [6, 6.07) is 5.09. The van der Waals surface area contributed by atoms with Crippen molar-refractivity contribution in [2.45, 2.75) is 6.92 Å². The number of oxazole rings is 1. The summed E-state index contributed by atoms with van der Waals surface area (Å²) in [4.78, 5) is 14.8. The Morgan fingerprint density at radius 1 is 1.53 bits per heavy atom. The molecule has 1 aromatic carbocycles. The van der Waals surface area contributed by atoms with E-state index in [9.17, 15) is 4.79 Å². The zero-order chi connectivity index (χ0) is 12.6. The summed E-state index contributed by atoms with van der Waals surface area (Å²) in [5.41, 5.74) is 0.576. The van der Waals surface area contributed by atoms with Gasteiger partial charge in [0, 0.05) is 9.50 Å². The van der Waals surface area contributed by atoms with E-state index in [1.165, 1.54) is 0 Å². The highest BCUT2D eigenvalue weighted by atomic mass is 79.9. The molecule has 0 atom stereocenters. The maximum Gasteiger partial charge on any atom is 0.358 e. The van der Waals surface area contributed by atoms with Gasteiger partial charge in [-0.1, -0.05) is 11.6 Å². The molecule has 0 spiro atoms. The zero-order valence-electron chi connectivity index (χ0n) is 8.70. The van der Waals surface area contributed by atoms with Crippen molar-refractivity contribution >= 4 is 33.5 Å². The van der Waals surface area contributed by atoms with Crippen molar-refractivity contribution in [3.63, 3.8) is 0 Å². The van der Waals surface area contributed by atoms with Crippen molar-refractivity contribution in [2.24, 2.45) is 0 Å². The second kappa shape index (κ2) is 4.50. The molecular formula is C11H7BrClNO3. The van der Waals surface area contributed by atoms with Crippen molar-refractivity contribution in [3.05, 3.63) is 39.1 Å². The molecule has 0 fully saturated rings. The predicted octanol–water partition coefficient (Wildman–Crippen LogP) is 3.76. The Labute approximate surface area is 110 Å². The van der Waals surface area contributed by atoms with E-state index in [4.69, 9.17) is 21.1 Å². The van der Waals surface area contributed by atoms with Crippen LogP contribution in [-0.2, 0) is 0 Å². The van der Waals surface area contributed by atoms with Crippen molar-refractivity contribution in [1.29, 1.82) is 0 Å². The van der Waals surface area contributed by atoms with E-state index in [-0.39, 0.29) is 17.3 Å². The normalized spacial score (nSPS) is 10.5. The number of aryl methyl sites for hydroxylation is 1. The van der Waals surface area contributed by atoms with Gasteiger partial charge in [0.1, 0.15) is 5.76 Å². The molecule has 0 aliphatic carbocycles. The van der Waals surface area contributed by atoms with Crippen LogP contribution in [0.5, 0.6) is 0 Å². The van der Waals surface area contributed by atoms with E-state index < -0.39 is 5.97 Å². The summed E-state index contributed by atoms with van der Waals surface area (Å²) in [7, 11) is 0. The highest BCUT2D eigenvalue weighted by Crippen LogP contribution is 2.31. The fraction of sp³-hybridized carbons (Fsp3) is 0.0909. The molecule has 0 aliphatic rings. The first kappa shape index (κ1) is 12.1. The molecule has 0 amide bonds. The number of carboxylic acid groups (broad SMARTS) is 1. The van der Waals surface area contributed by atoms with Crippen molar-refractivity contribution in [3.8, 4) is 11.5 Å². The average molecular weight is 317 g/mol. The van der Waals surface area contributed by atoms with Crippen LogP contribution in [0.4, 0.5) is 0 Å². The molecule has 0 radical (unpaired) electrons. The topological polar surface area (TPSA) is 63.3 Å². The van der Waals surface area contributed by atoms with Gasteiger partial charge in [-0.25, -0.2) is 9.78 Å². The number of carbonyl (C=O) groups is 1. The van der Waals surface area contributed by atoms with Crippen LogP contribution in [0.1, 0.15) is 16.2 Å². The van der Waals surface area contributed by atoms with E-state index in [1.54, 1.807) is 25.1 Å². The SMILES string of the molecule is Cc1oc(-c2ccc(Cl)cc2Br)nc1C(=O)O. The van der Waals surface area contributed by atoms with Crippen molar-refractivity contribution in [2.75, 3.05) is 0 Å². The lowest BCUT2D eigenvalue weighted by Gasteiger charge is -1.99. The monoisotopic (exact) mass is 315 g/mol. The largest absolute Gasteiger partial charge is 0.476 e. The number of hydrogen-bond donors (Lipinski definition) is 1. The lowest BCUT2D eigenvalue weighted by atomic mass is 10.2. The van der Waals surface area contributed by atoms with Crippen LogP contribution < -0.4 is 0 Å². The molecule has 1 aromatic heterocycles. The van der Waals surface area contributed by atoms with E-state index in [0.29, 0.717) is 15.1 Å². The summed E-state index contributed by atoms with van der Waals surface area (Å²) in [5, 5.41) is 9.46.